The smallest absolute Gasteiger partial charge is 0.174 e. The van der Waals surface area contributed by atoms with Crippen LogP contribution in [0, 0.1) is 5.82 Å². The molecular weight excluding hydrogens is 207 g/mol. The van der Waals surface area contributed by atoms with Crippen molar-refractivity contribution in [1.29, 1.82) is 0 Å². The monoisotopic (exact) mass is 218 g/mol. The molecule has 0 aliphatic heterocycles. The normalized spacial score (nSPS) is 15.3. The van der Waals surface area contributed by atoms with Crippen molar-refractivity contribution in [2.45, 2.75) is 18.9 Å². The number of rotatable bonds is 2. The first-order valence-corrected chi connectivity index (χ1v) is 5.23. The van der Waals surface area contributed by atoms with Gasteiger partial charge in [-0.3, -0.25) is 0 Å². The van der Waals surface area contributed by atoms with E-state index in [0.717, 1.165) is 12.8 Å². The third-order valence-corrected chi connectivity index (χ3v) is 2.74. The number of halogens is 1. The zero-order valence-corrected chi connectivity index (χ0v) is 8.60. The summed E-state index contributed by atoms with van der Waals surface area (Å²) in [5, 5.41) is 7.79. The van der Waals surface area contributed by atoms with Crippen molar-refractivity contribution >= 4 is 5.82 Å². The Balaban J connectivity index is 2.18. The molecule has 0 bridgehead atoms. The average Bonchev–Trinajstić information content (AvgIpc) is 3.04. The molecule has 1 heterocycles. The highest BCUT2D eigenvalue weighted by molar-refractivity contribution is 5.70. The van der Waals surface area contributed by atoms with Gasteiger partial charge in [0.15, 0.2) is 5.82 Å². The van der Waals surface area contributed by atoms with Crippen LogP contribution in [-0.4, -0.2) is 15.0 Å². The molecule has 1 fully saturated rings. The van der Waals surface area contributed by atoms with Gasteiger partial charge in [-0.05, 0) is 25.0 Å². The SMILES string of the molecule is Nc1nnn(C2CC2)c1-c1ccccc1F. The van der Waals surface area contributed by atoms with Gasteiger partial charge in [-0.1, -0.05) is 17.3 Å². The minimum atomic E-state index is -0.293. The van der Waals surface area contributed by atoms with Gasteiger partial charge in [-0.25, -0.2) is 9.07 Å². The quantitative estimate of drug-likeness (QED) is 0.838. The fourth-order valence-electron chi connectivity index (χ4n) is 1.80. The lowest BCUT2D eigenvalue weighted by Gasteiger charge is -2.06. The van der Waals surface area contributed by atoms with Crippen LogP contribution in [0.1, 0.15) is 18.9 Å². The van der Waals surface area contributed by atoms with Gasteiger partial charge in [0.05, 0.1) is 6.04 Å². The van der Waals surface area contributed by atoms with E-state index in [1.807, 2.05) is 0 Å². The maximum absolute atomic E-state index is 13.7. The third kappa shape index (κ3) is 1.36. The van der Waals surface area contributed by atoms with Crippen molar-refractivity contribution < 1.29 is 4.39 Å². The minimum Gasteiger partial charge on any atom is -0.380 e. The Hall–Kier alpha value is -1.91. The molecule has 0 spiro atoms. The highest BCUT2D eigenvalue weighted by Crippen LogP contribution is 2.39. The highest BCUT2D eigenvalue weighted by Gasteiger charge is 2.29. The van der Waals surface area contributed by atoms with E-state index in [2.05, 4.69) is 10.3 Å². The molecule has 1 saturated carbocycles. The van der Waals surface area contributed by atoms with Crippen molar-refractivity contribution in [2.75, 3.05) is 5.73 Å². The van der Waals surface area contributed by atoms with Gasteiger partial charge in [0.1, 0.15) is 11.5 Å². The summed E-state index contributed by atoms with van der Waals surface area (Å²) in [5.41, 5.74) is 6.81. The van der Waals surface area contributed by atoms with Crippen molar-refractivity contribution in [3.05, 3.63) is 30.1 Å². The Morgan fingerprint density at radius 1 is 1.31 bits per heavy atom. The maximum atomic E-state index is 13.7. The van der Waals surface area contributed by atoms with Crippen LogP contribution in [-0.2, 0) is 0 Å². The van der Waals surface area contributed by atoms with Crippen LogP contribution in [0.25, 0.3) is 11.3 Å². The van der Waals surface area contributed by atoms with E-state index in [-0.39, 0.29) is 11.6 Å². The summed E-state index contributed by atoms with van der Waals surface area (Å²) >= 11 is 0. The van der Waals surface area contributed by atoms with Gasteiger partial charge in [0, 0.05) is 5.56 Å². The summed E-state index contributed by atoms with van der Waals surface area (Å²) < 4.78 is 15.4. The van der Waals surface area contributed by atoms with Gasteiger partial charge in [-0.2, -0.15) is 0 Å². The van der Waals surface area contributed by atoms with E-state index in [1.165, 1.54) is 6.07 Å². The standard InChI is InChI=1S/C11H11FN4/c12-9-4-2-1-3-8(9)10-11(13)14-15-16(10)7-5-6-7/h1-4,7H,5-6,13H2. The topological polar surface area (TPSA) is 56.7 Å². The van der Waals surface area contributed by atoms with E-state index in [1.54, 1.807) is 22.9 Å². The molecule has 3 rings (SSSR count). The second-order valence-electron chi connectivity index (χ2n) is 3.98. The Morgan fingerprint density at radius 3 is 2.75 bits per heavy atom. The molecule has 0 saturated heterocycles. The Labute approximate surface area is 91.9 Å². The van der Waals surface area contributed by atoms with Gasteiger partial charge >= 0.3 is 0 Å². The molecule has 2 N–H and O–H groups in total. The second kappa shape index (κ2) is 3.30. The largest absolute Gasteiger partial charge is 0.380 e. The lowest BCUT2D eigenvalue weighted by atomic mass is 10.1. The lowest BCUT2D eigenvalue weighted by Crippen LogP contribution is -2.01. The number of hydrogen-bond acceptors (Lipinski definition) is 3. The summed E-state index contributed by atoms with van der Waals surface area (Å²) in [4.78, 5) is 0. The van der Waals surface area contributed by atoms with E-state index in [9.17, 15) is 4.39 Å². The first kappa shape index (κ1) is 9.33. The summed E-state index contributed by atoms with van der Waals surface area (Å²) in [5.74, 6) is -0.00426. The van der Waals surface area contributed by atoms with Crippen LogP contribution in [0.4, 0.5) is 10.2 Å². The zero-order valence-electron chi connectivity index (χ0n) is 8.60. The maximum Gasteiger partial charge on any atom is 0.174 e. The third-order valence-electron chi connectivity index (χ3n) is 2.74. The molecule has 0 amide bonds. The van der Waals surface area contributed by atoms with Crippen LogP contribution in [0.15, 0.2) is 24.3 Å². The number of aromatic nitrogens is 3. The molecule has 0 unspecified atom stereocenters. The fraction of sp³-hybridized carbons (Fsp3) is 0.273. The van der Waals surface area contributed by atoms with Crippen molar-refractivity contribution in [1.82, 2.24) is 15.0 Å². The molecule has 82 valence electrons. The molecule has 2 aromatic rings. The van der Waals surface area contributed by atoms with E-state index in [0.29, 0.717) is 17.3 Å². The molecule has 0 radical (unpaired) electrons. The van der Waals surface area contributed by atoms with E-state index in [4.69, 9.17) is 5.73 Å². The minimum absolute atomic E-state index is 0.289. The number of anilines is 1. The summed E-state index contributed by atoms with van der Waals surface area (Å²) in [6.45, 7) is 0. The van der Waals surface area contributed by atoms with Gasteiger partial charge in [-0.15, -0.1) is 5.10 Å². The zero-order chi connectivity index (χ0) is 11.1. The first-order chi connectivity index (χ1) is 7.77. The molecular formula is C11H11FN4. The second-order valence-corrected chi connectivity index (χ2v) is 3.98. The van der Waals surface area contributed by atoms with Gasteiger partial charge in [0.25, 0.3) is 0 Å². The fourth-order valence-corrected chi connectivity index (χ4v) is 1.80. The average molecular weight is 218 g/mol. The molecule has 1 aliphatic carbocycles. The Morgan fingerprint density at radius 2 is 2.06 bits per heavy atom. The molecule has 0 atom stereocenters. The van der Waals surface area contributed by atoms with Crippen LogP contribution in [0.2, 0.25) is 0 Å². The van der Waals surface area contributed by atoms with Crippen molar-refractivity contribution in [2.24, 2.45) is 0 Å². The number of benzene rings is 1. The lowest BCUT2D eigenvalue weighted by molar-refractivity contribution is 0.604. The van der Waals surface area contributed by atoms with Crippen LogP contribution < -0.4 is 5.73 Å². The van der Waals surface area contributed by atoms with Crippen molar-refractivity contribution in [3.8, 4) is 11.3 Å². The van der Waals surface area contributed by atoms with Gasteiger partial charge in [0.2, 0.25) is 0 Å². The highest BCUT2D eigenvalue weighted by atomic mass is 19.1. The van der Waals surface area contributed by atoms with Crippen LogP contribution in [0.5, 0.6) is 0 Å². The van der Waals surface area contributed by atoms with Crippen LogP contribution >= 0.6 is 0 Å². The predicted octanol–water partition coefficient (Wildman–Crippen LogP) is 2.00. The Bertz CT molecular complexity index is 531. The number of nitrogen functional groups attached to an aromatic ring is 1. The van der Waals surface area contributed by atoms with Gasteiger partial charge < -0.3 is 5.73 Å². The van der Waals surface area contributed by atoms with E-state index < -0.39 is 0 Å². The summed E-state index contributed by atoms with van der Waals surface area (Å²) in [6, 6.07) is 6.88. The molecule has 4 nitrogen and oxygen atoms in total. The number of nitrogens with two attached hydrogens (primary N) is 1. The van der Waals surface area contributed by atoms with E-state index >= 15 is 0 Å². The summed E-state index contributed by atoms with van der Waals surface area (Å²) in [6.07, 6.45) is 2.12. The summed E-state index contributed by atoms with van der Waals surface area (Å²) in [7, 11) is 0. The molecule has 16 heavy (non-hydrogen) atoms. The molecule has 1 aliphatic rings. The van der Waals surface area contributed by atoms with Crippen LogP contribution in [0.3, 0.4) is 0 Å². The number of nitrogens with zero attached hydrogens (tertiary/aromatic N) is 3. The number of hydrogen-bond donors (Lipinski definition) is 1. The Kier molecular flexibility index (Phi) is 1.92. The molecule has 1 aromatic carbocycles. The molecule has 1 aromatic heterocycles. The first-order valence-electron chi connectivity index (χ1n) is 5.23. The molecule has 5 heteroatoms. The van der Waals surface area contributed by atoms with Crippen molar-refractivity contribution in [3.63, 3.8) is 0 Å². The predicted molar refractivity (Wildman–Crippen MR) is 58.1 cm³/mol.